The number of hydrogen-bond acceptors (Lipinski definition) is 2. The third kappa shape index (κ3) is 2.14. The Balaban J connectivity index is 2.11. The van der Waals surface area contributed by atoms with Gasteiger partial charge in [0.15, 0.2) is 0 Å². The van der Waals surface area contributed by atoms with Gasteiger partial charge in [-0.3, -0.25) is 4.90 Å². The smallest absolute Gasteiger partial charge is 0.410 e. The maximum atomic E-state index is 11.6. The van der Waals surface area contributed by atoms with Crippen LogP contribution in [0.3, 0.4) is 0 Å². The second-order valence-electron chi connectivity index (χ2n) is 3.90. The summed E-state index contributed by atoms with van der Waals surface area (Å²) in [6.07, 6.45) is -0.456. The molecule has 2 rings (SSSR count). The van der Waals surface area contributed by atoms with Crippen LogP contribution in [0.15, 0.2) is 30.3 Å². The molecule has 1 amide bonds. The number of amides is 1. The maximum Gasteiger partial charge on any atom is 0.410 e. The summed E-state index contributed by atoms with van der Waals surface area (Å²) in [4.78, 5) is 13.3. The number of nitrogens with zero attached hydrogens (tertiary/aromatic N) is 1. The minimum Gasteiger partial charge on any atom is -0.443 e. The lowest BCUT2D eigenvalue weighted by atomic mass is 10.1. The second-order valence-corrected chi connectivity index (χ2v) is 4.21. The van der Waals surface area contributed by atoms with Crippen LogP contribution in [0.5, 0.6) is 0 Å². The van der Waals surface area contributed by atoms with Crippen LogP contribution in [0.1, 0.15) is 18.5 Å². The average Bonchev–Trinajstić information content (AvgIpc) is 2.71. The third-order valence-electron chi connectivity index (χ3n) is 2.82. The highest BCUT2D eigenvalue weighted by molar-refractivity contribution is 6.18. The van der Waals surface area contributed by atoms with Crippen molar-refractivity contribution in [2.75, 3.05) is 12.4 Å². The molecule has 2 unspecified atom stereocenters. The lowest BCUT2D eigenvalue weighted by molar-refractivity contribution is 0.134. The second kappa shape index (κ2) is 4.74. The molecule has 1 aromatic carbocycles. The van der Waals surface area contributed by atoms with Crippen molar-refractivity contribution in [1.82, 2.24) is 4.90 Å². The number of carbonyl (C=O) groups excluding carboxylic acids is 1. The first kappa shape index (κ1) is 11.3. The van der Waals surface area contributed by atoms with Crippen molar-refractivity contribution in [1.29, 1.82) is 0 Å². The molecule has 0 saturated carbocycles. The molecule has 0 aliphatic carbocycles. The Labute approximate surface area is 100.0 Å². The number of hydrogen-bond donors (Lipinski definition) is 0. The lowest BCUT2D eigenvalue weighted by Crippen LogP contribution is -2.28. The van der Waals surface area contributed by atoms with Crippen LogP contribution in [-0.4, -0.2) is 29.5 Å². The number of carbonyl (C=O) groups is 1. The topological polar surface area (TPSA) is 29.5 Å². The number of alkyl halides is 1. The maximum absolute atomic E-state index is 11.6. The summed E-state index contributed by atoms with van der Waals surface area (Å²) in [5, 5.41) is 0. The highest BCUT2D eigenvalue weighted by Gasteiger charge is 2.34. The van der Waals surface area contributed by atoms with Gasteiger partial charge in [-0.15, -0.1) is 11.6 Å². The van der Waals surface area contributed by atoms with Gasteiger partial charge < -0.3 is 4.74 Å². The van der Waals surface area contributed by atoms with Crippen molar-refractivity contribution in [3.05, 3.63) is 35.9 Å². The number of halogens is 1. The highest BCUT2D eigenvalue weighted by atomic mass is 35.5. The zero-order valence-electron chi connectivity index (χ0n) is 9.10. The summed E-state index contributed by atoms with van der Waals surface area (Å²) in [7, 11) is 0. The van der Waals surface area contributed by atoms with Crippen LogP contribution < -0.4 is 0 Å². The van der Waals surface area contributed by atoms with E-state index in [4.69, 9.17) is 16.3 Å². The Morgan fingerprint density at radius 3 is 2.75 bits per heavy atom. The van der Waals surface area contributed by atoms with Crippen molar-refractivity contribution in [3.63, 3.8) is 0 Å². The normalized spacial score (nSPS) is 22.0. The van der Waals surface area contributed by atoms with Gasteiger partial charge in [0.2, 0.25) is 0 Å². The molecule has 0 N–H and O–H groups in total. The van der Waals surface area contributed by atoms with Gasteiger partial charge in [0.1, 0.15) is 6.10 Å². The molecule has 0 bridgehead atoms. The number of cyclic esters (lactones) is 1. The Morgan fingerprint density at radius 1 is 1.50 bits per heavy atom. The number of rotatable bonds is 3. The van der Waals surface area contributed by atoms with Crippen LogP contribution in [0, 0.1) is 0 Å². The summed E-state index contributed by atoms with van der Waals surface area (Å²) in [6.45, 7) is 2.56. The van der Waals surface area contributed by atoms with E-state index in [9.17, 15) is 4.79 Å². The molecule has 1 aromatic rings. The summed E-state index contributed by atoms with van der Waals surface area (Å²) in [6, 6.07) is 9.93. The Morgan fingerprint density at radius 2 is 2.19 bits per heavy atom. The minimum atomic E-state index is -0.276. The SMILES string of the molecule is CC(c1ccccc1)N1CC(CCl)OC1=O. The van der Waals surface area contributed by atoms with E-state index in [1.807, 2.05) is 37.3 Å². The lowest BCUT2D eigenvalue weighted by Gasteiger charge is -2.22. The van der Waals surface area contributed by atoms with E-state index in [2.05, 4.69) is 0 Å². The zero-order valence-corrected chi connectivity index (χ0v) is 9.85. The molecule has 0 radical (unpaired) electrons. The molecule has 4 heteroatoms. The quantitative estimate of drug-likeness (QED) is 0.760. The summed E-state index contributed by atoms with van der Waals surface area (Å²) in [5.41, 5.74) is 1.11. The van der Waals surface area contributed by atoms with Crippen LogP contribution in [0.4, 0.5) is 4.79 Å². The first-order valence-corrected chi connectivity index (χ1v) is 5.84. The minimum absolute atomic E-state index is 0.0296. The Hall–Kier alpha value is -1.22. The van der Waals surface area contributed by atoms with Gasteiger partial charge in [-0.05, 0) is 12.5 Å². The fourth-order valence-electron chi connectivity index (χ4n) is 1.85. The molecular weight excluding hydrogens is 226 g/mol. The number of benzene rings is 1. The summed E-state index contributed by atoms with van der Waals surface area (Å²) in [5.74, 6) is 0.351. The van der Waals surface area contributed by atoms with Crippen LogP contribution >= 0.6 is 11.6 Å². The molecular formula is C12H14ClNO2. The van der Waals surface area contributed by atoms with Gasteiger partial charge in [0.25, 0.3) is 0 Å². The molecule has 0 spiro atoms. The fourth-order valence-corrected chi connectivity index (χ4v) is 2.01. The van der Waals surface area contributed by atoms with Gasteiger partial charge in [-0.25, -0.2) is 4.79 Å². The Kier molecular flexibility index (Phi) is 3.34. The van der Waals surface area contributed by atoms with Gasteiger partial charge in [-0.2, -0.15) is 0 Å². The summed E-state index contributed by atoms with van der Waals surface area (Å²) < 4.78 is 5.12. The molecule has 2 atom stereocenters. The van der Waals surface area contributed by atoms with E-state index in [-0.39, 0.29) is 18.2 Å². The molecule has 3 nitrogen and oxygen atoms in total. The van der Waals surface area contributed by atoms with Crippen molar-refractivity contribution >= 4 is 17.7 Å². The largest absolute Gasteiger partial charge is 0.443 e. The van der Waals surface area contributed by atoms with Crippen molar-refractivity contribution in [2.45, 2.75) is 19.1 Å². The highest BCUT2D eigenvalue weighted by Crippen LogP contribution is 2.25. The van der Waals surface area contributed by atoms with E-state index in [1.165, 1.54) is 0 Å². The fraction of sp³-hybridized carbons (Fsp3) is 0.417. The Bertz CT molecular complexity index is 369. The summed E-state index contributed by atoms with van der Waals surface area (Å²) >= 11 is 5.69. The average molecular weight is 240 g/mol. The first-order chi connectivity index (χ1) is 7.72. The van der Waals surface area contributed by atoms with Crippen LogP contribution in [-0.2, 0) is 4.74 Å². The van der Waals surface area contributed by atoms with E-state index in [0.29, 0.717) is 12.4 Å². The molecule has 1 heterocycles. The van der Waals surface area contributed by atoms with Crippen molar-refractivity contribution in [3.8, 4) is 0 Å². The van der Waals surface area contributed by atoms with Gasteiger partial charge in [-0.1, -0.05) is 30.3 Å². The van der Waals surface area contributed by atoms with Crippen molar-refractivity contribution in [2.24, 2.45) is 0 Å². The van der Waals surface area contributed by atoms with Gasteiger partial charge in [0.05, 0.1) is 18.5 Å². The predicted octanol–water partition coefficient (Wildman–Crippen LogP) is 2.81. The van der Waals surface area contributed by atoms with Gasteiger partial charge in [0, 0.05) is 0 Å². The zero-order chi connectivity index (χ0) is 11.5. The van der Waals surface area contributed by atoms with Gasteiger partial charge >= 0.3 is 6.09 Å². The molecule has 1 saturated heterocycles. The van der Waals surface area contributed by atoms with E-state index < -0.39 is 0 Å². The van der Waals surface area contributed by atoms with E-state index in [1.54, 1.807) is 4.90 Å². The van der Waals surface area contributed by atoms with E-state index >= 15 is 0 Å². The first-order valence-electron chi connectivity index (χ1n) is 5.30. The van der Waals surface area contributed by atoms with E-state index in [0.717, 1.165) is 5.56 Å². The molecule has 1 aliphatic rings. The molecule has 16 heavy (non-hydrogen) atoms. The van der Waals surface area contributed by atoms with Crippen LogP contribution in [0.25, 0.3) is 0 Å². The molecule has 1 aliphatic heterocycles. The molecule has 86 valence electrons. The molecule has 0 aromatic heterocycles. The van der Waals surface area contributed by atoms with Crippen molar-refractivity contribution < 1.29 is 9.53 Å². The predicted molar refractivity (Wildman–Crippen MR) is 62.6 cm³/mol. The monoisotopic (exact) mass is 239 g/mol. The van der Waals surface area contributed by atoms with Crippen LogP contribution in [0.2, 0.25) is 0 Å². The standard InChI is InChI=1S/C12H14ClNO2/c1-9(10-5-3-2-4-6-10)14-8-11(7-13)16-12(14)15/h2-6,9,11H,7-8H2,1H3. The third-order valence-corrected chi connectivity index (χ3v) is 3.17. The molecule has 1 fully saturated rings. The number of ether oxygens (including phenoxy) is 1.